The first-order valence-electron chi connectivity index (χ1n) is 6.11. The van der Waals surface area contributed by atoms with Crippen LogP contribution in [0.1, 0.15) is 6.42 Å². The molecule has 4 heteroatoms. The fourth-order valence-electron chi connectivity index (χ4n) is 1.56. The van der Waals surface area contributed by atoms with E-state index in [1.807, 2.05) is 48.5 Å². The van der Waals surface area contributed by atoms with E-state index in [2.05, 4.69) is 22.6 Å². The molecule has 3 nitrogen and oxygen atoms in total. The van der Waals surface area contributed by atoms with E-state index < -0.39 is 0 Å². The average Bonchev–Trinajstić information content (AvgIpc) is 2.42. The van der Waals surface area contributed by atoms with Gasteiger partial charge in [-0.3, -0.25) is 0 Å². The van der Waals surface area contributed by atoms with Crippen molar-refractivity contribution in [3.05, 3.63) is 52.1 Å². The molecule has 0 fully saturated rings. The van der Waals surface area contributed by atoms with Crippen molar-refractivity contribution in [2.75, 3.05) is 18.9 Å². The highest BCUT2D eigenvalue weighted by atomic mass is 127. The second kappa shape index (κ2) is 7.23. The molecule has 0 aliphatic heterocycles. The van der Waals surface area contributed by atoms with Gasteiger partial charge in [0.05, 0.1) is 16.8 Å². The molecule has 2 aromatic carbocycles. The molecule has 0 aliphatic carbocycles. The third kappa shape index (κ3) is 4.63. The summed E-state index contributed by atoms with van der Waals surface area (Å²) in [5.74, 6) is 1.76. The lowest BCUT2D eigenvalue weighted by atomic mass is 10.3. The summed E-state index contributed by atoms with van der Waals surface area (Å²) < 4.78 is 12.4. The second-order valence-corrected chi connectivity index (χ2v) is 5.21. The maximum Gasteiger partial charge on any atom is 0.132 e. The average molecular weight is 369 g/mol. The van der Waals surface area contributed by atoms with Gasteiger partial charge in [0.25, 0.3) is 0 Å². The first kappa shape index (κ1) is 14.0. The van der Waals surface area contributed by atoms with Crippen LogP contribution in [0, 0.1) is 3.57 Å². The highest BCUT2D eigenvalue weighted by Gasteiger charge is 1.99. The Morgan fingerprint density at radius 1 is 0.895 bits per heavy atom. The maximum absolute atomic E-state index is 5.69. The molecule has 19 heavy (non-hydrogen) atoms. The number of ether oxygens (including phenoxy) is 2. The van der Waals surface area contributed by atoms with Crippen LogP contribution < -0.4 is 15.2 Å². The topological polar surface area (TPSA) is 44.5 Å². The standard InChI is InChI=1S/C15H16INO2/c16-14-4-1-2-5-15(14)19-11-3-10-18-13-8-6-12(17)7-9-13/h1-2,4-9H,3,10-11,17H2. The van der Waals surface area contributed by atoms with E-state index in [0.29, 0.717) is 13.2 Å². The summed E-state index contributed by atoms with van der Waals surface area (Å²) in [6, 6.07) is 15.4. The zero-order chi connectivity index (χ0) is 13.5. The summed E-state index contributed by atoms with van der Waals surface area (Å²) in [6.45, 7) is 1.28. The van der Waals surface area contributed by atoms with Crippen molar-refractivity contribution < 1.29 is 9.47 Å². The lowest BCUT2D eigenvalue weighted by Crippen LogP contribution is -2.05. The molecule has 0 saturated heterocycles. The van der Waals surface area contributed by atoms with Crippen molar-refractivity contribution in [1.29, 1.82) is 0 Å². The summed E-state index contributed by atoms with van der Waals surface area (Å²) in [6.07, 6.45) is 0.843. The van der Waals surface area contributed by atoms with E-state index in [1.54, 1.807) is 0 Å². The lowest BCUT2D eigenvalue weighted by Gasteiger charge is -2.09. The minimum absolute atomic E-state index is 0.632. The Hall–Kier alpha value is -1.43. The van der Waals surface area contributed by atoms with Crippen LogP contribution in [0.15, 0.2) is 48.5 Å². The number of nitrogen functional groups attached to an aromatic ring is 1. The van der Waals surface area contributed by atoms with E-state index in [-0.39, 0.29) is 0 Å². The molecule has 0 unspecified atom stereocenters. The quantitative estimate of drug-likeness (QED) is 0.480. The highest BCUT2D eigenvalue weighted by molar-refractivity contribution is 14.1. The number of nitrogens with two attached hydrogens (primary N) is 1. The monoisotopic (exact) mass is 369 g/mol. The Bertz CT molecular complexity index is 514. The van der Waals surface area contributed by atoms with Crippen LogP contribution in [0.3, 0.4) is 0 Å². The van der Waals surface area contributed by atoms with Gasteiger partial charge in [0, 0.05) is 12.1 Å². The third-order valence-corrected chi connectivity index (χ3v) is 3.42. The molecule has 0 radical (unpaired) electrons. The molecule has 2 aromatic rings. The highest BCUT2D eigenvalue weighted by Crippen LogP contribution is 2.19. The van der Waals surface area contributed by atoms with Gasteiger partial charge in [-0.2, -0.15) is 0 Å². The minimum Gasteiger partial charge on any atom is -0.493 e. The lowest BCUT2D eigenvalue weighted by molar-refractivity contribution is 0.246. The molecule has 0 bridgehead atoms. The fraction of sp³-hybridized carbons (Fsp3) is 0.200. The normalized spacial score (nSPS) is 10.2. The summed E-state index contributed by atoms with van der Waals surface area (Å²) in [5, 5.41) is 0. The van der Waals surface area contributed by atoms with E-state index in [1.165, 1.54) is 0 Å². The van der Waals surface area contributed by atoms with Crippen LogP contribution in [0.4, 0.5) is 5.69 Å². The van der Waals surface area contributed by atoms with Gasteiger partial charge in [-0.25, -0.2) is 0 Å². The van der Waals surface area contributed by atoms with Crippen LogP contribution in [-0.4, -0.2) is 13.2 Å². The summed E-state index contributed by atoms with van der Waals surface area (Å²) >= 11 is 2.27. The number of hydrogen-bond acceptors (Lipinski definition) is 3. The van der Waals surface area contributed by atoms with Crippen molar-refractivity contribution >= 4 is 28.3 Å². The van der Waals surface area contributed by atoms with Gasteiger partial charge in [0.1, 0.15) is 11.5 Å². The predicted octanol–water partition coefficient (Wildman–Crippen LogP) is 3.72. The van der Waals surface area contributed by atoms with Gasteiger partial charge in [0.2, 0.25) is 0 Å². The van der Waals surface area contributed by atoms with Crippen molar-refractivity contribution in [3.63, 3.8) is 0 Å². The van der Waals surface area contributed by atoms with Crippen molar-refractivity contribution in [3.8, 4) is 11.5 Å². The molecular weight excluding hydrogens is 353 g/mol. The number of hydrogen-bond donors (Lipinski definition) is 1. The molecule has 2 rings (SSSR count). The Labute approximate surface area is 126 Å². The van der Waals surface area contributed by atoms with Crippen molar-refractivity contribution in [2.45, 2.75) is 6.42 Å². The Morgan fingerprint density at radius 3 is 2.32 bits per heavy atom. The molecule has 0 aromatic heterocycles. The van der Waals surface area contributed by atoms with Crippen molar-refractivity contribution in [2.24, 2.45) is 0 Å². The number of anilines is 1. The summed E-state index contributed by atoms with van der Waals surface area (Å²) in [5.41, 5.74) is 6.35. The smallest absolute Gasteiger partial charge is 0.132 e. The first-order chi connectivity index (χ1) is 9.25. The van der Waals surface area contributed by atoms with E-state index in [0.717, 1.165) is 27.2 Å². The Balaban J connectivity index is 1.67. The molecule has 0 saturated carbocycles. The van der Waals surface area contributed by atoms with Gasteiger partial charge in [-0.05, 0) is 59.0 Å². The number of halogens is 1. The van der Waals surface area contributed by atoms with Crippen LogP contribution in [0.2, 0.25) is 0 Å². The molecular formula is C15H16INO2. The zero-order valence-electron chi connectivity index (χ0n) is 10.5. The van der Waals surface area contributed by atoms with Crippen LogP contribution in [0.5, 0.6) is 11.5 Å². The Morgan fingerprint density at radius 2 is 1.58 bits per heavy atom. The third-order valence-electron chi connectivity index (χ3n) is 2.53. The van der Waals surface area contributed by atoms with E-state index >= 15 is 0 Å². The summed E-state index contributed by atoms with van der Waals surface area (Å²) in [7, 11) is 0. The molecule has 2 N–H and O–H groups in total. The van der Waals surface area contributed by atoms with E-state index in [4.69, 9.17) is 15.2 Å². The molecule has 0 spiro atoms. The second-order valence-electron chi connectivity index (χ2n) is 4.05. The minimum atomic E-state index is 0.632. The largest absolute Gasteiger partial charge is 0.493 e. The molecule has 0 heterocycles. The van der Waals surface area contributed by atoms with Crippen LogP contribution in [-0.2, 0) is 0 Å². The Kier molecular flexibility index (Phi) is 5.32. The van der Waals surface area contributed by atoms with Gasteiger partial charge in [0.15, 0.2) is 0 Å². The predicted molar refractivity (Wildman–Crippen MR) is 85.6 cm³/mol. The first-order valence-corrected chi connectivity index (χ1v) is 7.19. The number of rotatable bonds is 6. The zero-order valence-corrected chi connectivity index (χ0v) is 12.7. The van der Waals surface area contributed by atoms with Crippen molar-refractivity contribution in [1.82, 2.24) is 0 Å². The van der Waals surface area contributed by atoms with Gasteiger partial charge >= 0.3 is 0 Å². The molecule has 0 atom stereocenters. The number of benzene rings is 2. The molecule has 0 aliphatic rings. The van der Waals surface area contributed by atoms with Crippen LogP contribution in [0.25, 0.3) is 0 Å². The van der Waals surface area contributed by atoms with Gasteiger partial charge in [-0.15, -0.1) is 0 Å². The summed E-state index contributed by atoms with van der Waals surface area (Å²) in [4.78, 5) is 0. The van der Waals surface area contributed by atoms with Gasteiger partial charge < -0.3 is 15.2 Å². The number of para-hydroxylation sites is 1. The maximum atomic E-state index is 5.69. The molecule has 100 valence electrons. The molecule has 0 amide bonds. The van der Waals surface area contributed by atoms with Crippen LogP contribution >= 0.6 is 22.6 Å². The SMILES string of the molecule is Nc1ccc(OCCCOc2ccccc2I)cc1. The fourth-order valence-corrected chi connectivity index (χ4v) is 2.10. The van der Waals surface area contributed by atoms with Gasteiger partial charge in [-0.1, -0.05) is 12.1 Å². The van der Waals surface area contributed by atoms with E-state index in [9.17, 15) is 0 Å².